The van der Waals surface area contributed by atoms with Gasteiger partial charge in [-0.25, -0.2) is 4.79 Å². The summed E-state index contributed by atoms with van der Waals surface area (Å²) in [5.41, 5.74) is 9.29. The van der Waals surface area contributed by atoms with Gasteiger partial charge in [0, 0.05) is 19.1 Å². The molecule has 0 aliphatic rings. The van der Waals surface area contributed by atoms with Crippen LogP contribution in [0.5, 0.6) is 0 Å². The molecule has 0 radical (unpaired) electrons. The number of hydrogen-bond acceptors (Lipinski definition) is 3. The van der Waals surface area contributed by atoms with Crippen molar-refractivity contribution < 1.29 is 14.6 Å². The summed E-state index contributed by atoms with van der Waals surface area (Å²) < 4.78 is 5.19. The highest BCUT2D eigenvalue weighted by Gasteiger charge is 2.10. The Morgan fingerprint density at radius 2 is 1.63 bits per heavy atom. The zero-order chi connectivity index (χ0) is 21.5. The zero-order valence-corrected chi connectivity index (χ0v) is 17.7. The Hall–Kier alpha value is -3.17. The van der Waals surface area contributed by atoms with Crippen molar-refractivity contribution in [2.24, 2.45) is 0 Å². The van der Waals surface area contributed by atoms with Crippen molar-refractivity contribution in [1.82, 2.24) is 0 Å². The van der Waals surface area contributed by atoms with E-state index in [9.17, 15) is 9.90 Å². The third kappa shape index (κ3) is 5.25. The molecular weight excluding hydrogens is 372 g/mol. The molecule has 154 valence electrons. The highest BCUT2D eigenvalue weighted by molar-refractivity contribution is 5.81. The summed E-state index contributed by atoms with van der Waals surface area (Å²) in [5.74, 6) is -0.415. The lowest BCUT2D eigenvalue weighted by Gasteiger charge is -2.15. The zero-order valence-electron chi connectivity index (χ0n) is 17.7. The van der Waals surface area contributed by atoms with Crippen molar-refractivity contribution in [3.05, 3.63) is 95.6 Å². The van der Waals surface area contributed by atoms with Crippen LogP contribution in [0.2, 0.25) is 0 Å². The molecule has 3 heteroatoms. The second-order valence-corrected chi connectivity index (χ2v) is 7.48. The third-order valence-electron chi connectivity index (χ3n) is 5.25. The van der Waals surface area contributed by atoms with E-state index in [1.54, 1.807) is 0 Å². The van der Waals surface area contributed by atoms with Crippen molar-refractivity contribution in [2.75, 3.05) is 13.2 Å². The Morgan fingerprint density at radius 3 is 2.30 bits per heavy atom. The molecule has 0 saturated carbocycles. The van der Waals surface area contributed by atoms with Crippen LogP contribution >= 0.6 is 0 Å². The van der Waals surface area contributed by atoms with Crippen LogP contribution in [0.15, 0.2) is 73.3 Å². The van der Waals surface area contributed by atoms with Gasteiger partial charge in [-0.15, -0.1) is 0 Å². The lowest BCUT2D eigenvalue weighted by molar-refractivity contribution is -0.137. The minimum atomic E-state index is -0.415. The van der Waals surface area contributed by atoms with Crippen LogP contribution in [0, 0.1) is 13.8 Å². The second-order valence-electron chi connectivity index (χ2n) is 7.48. The smallest absolute Gasteiger partial charge is 0.330 e. The van der Waals surface area contributed by atoms with Gasteiger partial charge in [-0.2, -0.15) is 0 Å². The molecule has 0 spiro atoms. The fraction of sp³-hybridized carbons (Fsp3) is 0.222. The number of benzene rings is 3. The van der Waals surface area contributed by atoms with Crippen LogP contribution in [0.3, 0.4) is 0 Å². The SMILES string of the molecule is C=CC(=O)OCCc1cc(CCO)ccc1-c1ccc(-c2ccc(C)cc2)c(C)c1. The highest BCUT2D eigenvalue weighted by atomic mass is 16.5. The molecule has 3 nitrogen and oxygen atoms in total. The van der Waals surface area contributed by atoms with Crippen LogP contribution in [-0.2, 0) is 22.4 Å². The molecule has 0 atom stereocenters. The maximum Gasteiger partial charge on any atom is 0.330 e. The van der Waals surface area contributed by atoms with Crippen LogP contribution < -0.4 is 0 Å². The Bertz CT molecular complexity index is 1030. The van der Waals surface area contributed by atoms with Gasteiger partial charge in [-0.3, -0.25) is 0 Å². The molecule has 0 bridgehead atoms. The van der Waals surface area contributed by atoms with E-state index in [1.807, 2.05) is 6.07 Å². The number of carbonyl (C=O) groups is 1. The van der Waals surface area contributed by atoms with Gasteiger partial charge in [0.1, 0.15) is 0 Å². The molecule has 0 aliphatic heterocycles. The van der Waals surface area contributed by atoms with Gasteiger partial charge in [0.2, 0.25) is 0 Å². The summed E-state index contributed by atoms with van der Waals surface area (Å²) >= 11 is 0. The molecule has 1 N–H and O–H groups in total. The van der Waals surface area contributed by atoms with E-state index in [0.717, 1.165) is 22.3 Å². The Labute approximate surface area is 178 Å². The second kappa shape index (κ2) is 10.0. The first kappa shape index (κ1) is 21.5. The van der Waals surface area contributed by atoms with Crippen LogP contribution in [0.4, 0.5) is 0 Å². The molecule has 0 saturated heterocycles. The summed E-state index contributed by atoms with van der Waals surface area (Å²) in [6.07, 6.45) is 2.38. The van der Waals surface area contributed by atoms with E-state index < -0.39 is 5.97 Å². The van der Waals surface area contributed by atoms with E-state index in [2.05, 4.69) is 75.0 Å². The molecule has 3 aromatic rings. The minimum Gasteiger partial charge on any atom is -0.462 e. The molecule has 3 rings (SSSR count). The molecule has 0 heterocycles. The minimum absolute atomic E-state index is 0.106. The number of aliphatic hydroxyl groups excluding tert-OH is 1. The van der Waals surface area contributed by atoms with E-state index in [1.165, 1.54) is 28.3 Å². The largest absolute Gasteiger partial charge is 0.462 e. The molecule has 3 aromatic carbocycles. The molecule has 0 unspecified atom stereocenters. The van der Waals surface area contributed by atoms with Crippen molar-refractivity contribution in [3.63, 3.8) is 0 Å². The number of ether oxygens (including phenoxy) is 1. The predicted octanol–water partition coefficient (Wildman–Crippen LogP) is 5.44. The van der Waals surface area contributed by atoms with E-state index in [0.29, 0.717) is 19.4 Å². The summed E-state index contributed by atoms with van der Waals surface area (Å²) in [6.45, 7) is 8.05. The van der Waals surface area contributed by atoms with Gasteiger partial charge in [-0.05, 0) is 59.2 Å². The standard InChI is InChI=1S/C27H28O3/c1-4-27(29)30-16-14-24-18-21(13-15-28)7-11-26(24)23-10-12-25(20(3)17-23)22-8-5-19(2)6-9-22/h4-12,17-18,28H,1,13-16H2,2-3H3. The monoisotopic (exact) mass is 400 g/mol. The normalized spacial score (nSPS) is 10.6. The molecule has 0 fully saturated rings. The number of rotatable bonds is 8. The van der Waals surface area contributed by atoms with Crippen molar-refractivity contribution in [3.8, 4) is 22.3 Å². The topological polar surface area (TPSA) is 46.5 Å². The van der Waals surface area contributed by atoms with E-state index in [4.69, 9.17) is 4.74 Å². The van der Waals surface area contributed by atoms with Gasteiger partial charge in [0.15, 0.2) is 0 Å². The summed E-state index contributed by atoms with van der Waals surface area (Å²) in [5, 5.41) is 9.29. The Kier molecular flexibility index (Phi) is 7.21. The quantitative estimate of drug-likeness (QED) is 0.404. The van der Waals surface area contributed by atoms with Crippen LogP contribution in [0.1, 0.15) is 22.3 Å². The van der Waals surface area contributed by atoms with E-state index in [-0.39, 0.29) is 6.61 Å². The highest BCUT2D eigenvalue weighted by Crippen LogP contribution is 2.31. The fourth-order valence-corrected chi connectivity index (χ4v) is 3.63. The Balaban J connectivity index is 1.93. The molecule has 0 aliphatic carbocycles. The number of carbonyl (C=O) groups excluding carboxylic acids is 1. The van der Waals surface area contributed by atoms with Crippen LogP contribution in [0.25, 0.3) is 22.3 Å². The van der Waals surface area contributed by atoms with Crippen molar-refractivity contribution >= 4 is 5.97 Å². The third-order valence-corrected chi connectivity index (χ3v) is 5.25. The molecular formula is C27H28O3. The predicted molar refractivity (Wildman–Crippen MR) is 122 cm³/mol. The lowest BCUT2D eigenvalue weighted by atomic mass is 9.91. The maximum atomic E-state index is 11.4. The number of hydrogen-bond donors (Lipinski definition) is 1. The average Bonchev–Trinajstić information content (AvgIpc) is 2.75. The molecule has 0 aromatic heterocycles. The maximum absolute atomic E-state index is 11.4. The first-order valence-corrected chi connectivity index (χ1v) is 10.2. The van der Waals surface area contributed by atoms with E-state index >= 15 is 0 Å². The number of esters is 1. The Morgan fingerprint density at radius 1 is 0.933 bits per heavy atom. The van der Waals surface area contributed by atoms with Gasteiger partial charge in [0.05, 0.1) is 6.61 Å². The first-order chi connectivity index (χ1) is 14.5. The lowest BCUT2D eigenvalue weighted by Crippen LogP contribution is -2.06. The average molecular weight is 401 g/mol. The molecule has 0 amide bonds. The van der Waals surface area contributed by atoms with Gasteiger partial charge >= 0.3 is 5.97 Å². The first-order valence-electron chi connectivity index (χ1n) is 10.2. The van der Waals surface area contributed by atoms with Gasteiger partial charge in [0.25, 0.3) is 0 Å². The fourth-order valence-electron chi connectivity index (χ4n) is 3.63. The summed E-state index contributed by atoms with van der Waals surface area (Å²) in [7, 11) is 0. The summed E-state index contributed by atoms with van der Waals surface area (Å²) in [4.78, 5) is 11.4. The van der Waals surface area contributed by atoms with Gasteiger partial charge < -0.3 is 9.84 Å². The number of aryl methyl sites for hydroxylation is 2. The number of aliphatic hydroxyl groups is 1. The van der Waals surface area contributed by atoms with Crippen molar-refractivity contribution in [2.45, 2.75) is 26.7 Å². The van der Waals surface area contributed by atoms with Crippen molar-refractivity contribution in [1.29, 1.82) is 0 Å². The van der Waals surface area contributed by atoms with Gasteiger partial charge in [-0.1, -0.05) is 72.8 Å². The molecule has 30 heavy (non-hydrogen) atoms. The van der Waals surface area contributed by atoms with Crippen LogP contribution in [-0.4, -0.2) is 24.3 Å². The summed E-state index contributed by atoms with van der Waals surface area (Å²) in [6, 6.07) is 21.3.